The Morgan fingerprint density at radius 1 is 1.13 bits per heavy atom. The normalized spacial score (nSPS) is 17.5. The molecule has 148 valence electrons. The van der Waals surface area contributed by atoms with Gasteiger partial charge in [-0.1, -0.05) is 6.07 Å². The molecule has 0 amide bonds. The molecule has 1 unspecified atom stereocenters. The number of anilines is 1. The first-order valence-electron chi connectivity index (χ1n) is 10.6. The number of nitrogens with one attached hydrogen (secondary N) is 2. The molecule has 0 saturated carbocycles. The molecule has 1 atom stereocenters. The van der Waals surface area contributed by atoms with Crippen molar-refractivity contribution in [3.63, 3.8) is 0 Å². The molecule has 0 saturated heterocycles. The van der Waals surface area contributed by atoms with E-state index in [0.29, 0.717) is 0 Å². The predicted octanol–water partition coefficient (Wildman–Crippen LogP) is 4.73. The number of benzene rings is 2. The van der Waals surface area contributed by atoms with E-state index in [9.17, 15) is 5.26 Å². The number of nitriles is 1. The molecule has 6 rings (SSSR count). The lowest BCUT2D eigenvalue weighted by Crippen LogP contribution is -2.17. The molecule has 1 aliphatic heterocycles. The van der Waals surface area contributed by atoms with Gasteiger partial charge in [-0.25, -0.2) is 0 Å². The first-order valence-corrected chi connectivity index (χ1v) is 10.6. The highest BCUT2D eigenvalue weighted by Crippen LogP contribution is 2.36. The average molecular weight is 394 g/mol. The van der Waals surface area contributed by atoms with Crippen LogP contribution in [-0.2, 0) is 19.4 Å². The summed E-state index contributed by atoms with van der Waals surface area (Å²) >= 11 is 0. The highest BCUT2D eigenvalue weighted by Gasteiger charge is 2.23. The van der Waals surface area contributed by atoms with E-state index in [4.69, 9.17) is 0 Å². The lowest BCUT2D eigenvalue weighted by molar-refractivity contribution is 0.600. The summed E-state index contributed by atoms with van der Waals surface area (Å²) in [6, 6.07) is 15.0. The maximum Gasteiger partial charge on any atom is 0.103 e. The molecule has 0 fully saturated rings. The van der Waals surface area contributed by atoms with E-state index in [0.717, 1.165) is 72.1 Å². The second kappa shape index (κ2) is 6.74. The fourth-order valence-corrected chi connectivity index (χ4v) is 5.01. The van der Waals surface area contributed by atoms with E-state index in [1.807, 2.05) is 18.3 Å². The van der Waals surface area contributed by atoms with Crippen LogP contribution in [0.3, 0.4) is 0 Å². The van der Waals surface area contributed by atoms with Gasteiger partial charge in [0.05, 0.1) is 29.4 Å². The van der Waals surface area contributed by atoms with E-state index >= 15 is 0 Å². The van der Waals surface area contributed by atoms with Gasteiger partial charge in [-0.2, -0.15) is 15.5 Å². The quantitative estimate of drug-likeness (QED) is 0.526. The second-order valence-corrected chi connectivity index (χ2v) is 8.28. The number of H-pyrrole nitrogens is 1. The summed E-state index contributed by atoms with van der Waals surface area (Å²) in [5.74, 6) is 0. The van der Waals surface area contributed by atoms with Crippen LogP contribution in [0.5, 0.6) is 0 Å². The summed E-state index contributed by atoms with van der Waals surface area (Å²) in [7, 11) is 0. The van der Waals surface area contributed by atoms with Gasteiger partial charge in [0.25, 0.3) is 0 Å². The van der Waals surface area contributed by atoms with Crippen molar-refractivity contribution in [1.29, 1.82) is 5.26 Å². The Labute approximate surface area is 174 Å². The molecule has 2 aliphatic rings. The topological polar surface area (TPSA) is 82.3 Å². The number of hydrogen-bond donors (Lipinski definition) is 2. The zero-order valence-corrected chi connectivity index (χ0v) is 16.7. The van der Waals surface area contributed by atoms with E-state index in [1.165, 1.54) is 16.8 Å². The molecular weight excluding hydrogens is 372 g/mol. The van der Waals surface area contributed by atoms with Crippen LogP contribution in [-0.4, -0.2) is 20.0 Å². The SMILES string of the molecule is N#Cc1ccc2c(c1)CCCC2Nc1ccc2[nH]nc(-c3cnn4c3CCC4)c2c1. The molecule has 2 N–H and O–H groups in total. The van der Waals surface area contributed by atoms with E-state index < -0.39 is 0 Å². The van der Waals surface area contributed by atoms with Crippen LogP contribution in [0.2, 0.25) is 0 Å². The summed E-state index contributed by atoms with van der Waals surface area (Å²) in [5, 5.41) is 26.4. The minimum Gasteiger partial charge on any atom is -0.378 e. The van der Waals surface area contributed by atoms with Gasteiger partial charge in [-0.3, -0.25) is 9.78 Å². The molecule has 1 aliphatic carbocycles. The molecule has 0 bridgehead atoms. The molecule has 2 aromatic heterocycles. The first kappa shape index (κ1) is 17.3. The number of hydrogen-bond acceptors (Lipinski definition) is 4. The molecule has 2 aromatic carbocycles. The number of aromatic amines is 1. The zero-order chi connectivity index (χ0) is 20.1. The predicted molar refractivity (Wildman–Crippen MR) is 116 cm³/mol. The Hall–Kier alpha value is -3.59. The van der Waals surface area contributed by atoms with Crippen molar-refractivity contribution in [3.8, 4) is 17.3 Å². The third-order valence-electron chi connectivity index (χ3n) is 6.48. The molecule has 6 nitrogen and oxygen atoms in total. The molecule has 0 spiro atoms. The van der Waals surface area contributed by atoms with Gasteiger partial charge in [-0.15, -0.1) is 0 Å². The molecule has 3 heterocycles. The largest absolute Gasteiger partial charge is 0.378 e. The van der Waals surface area contributed by atoms with Gasteiger partial charge in [0, 0.05) is 28.9 Å². The van der Waals surface area contributed by atoms with Crippen molar-refractivity contribution in [2.75, 3.05) is 5.32 Å². The van der Waals surface area contributed by atoms with Crippen LogP contribution in [0, 0.1) is 11.3 Å². The van der Waals surface area contributed by atoms with Gasteiger partial charge in [0.1, 0.15) is 5.69 Å². The first-order chi connectivity index (χ1) is 14.8. The monoisotopic (exact) mass is 394 g/mol. The summed E-state index contributed by atoms with van der Waals surface area (Å²) in [6.07, 6.45) is 7.42. The molecule has 0 radical (unpaired) electrons. The Morgan fingerprint density at radius 3 is 3.03 bits per heavy atom. The maximum absolute atomic E-state index is 9.20. The van der Waals surface area contributed by atoms with E-state index in [-0.39, 0.29) is 6.04 Å². The highest BCUT2D eigenvalue weighted by molar-refractivity contribution is 5.95. The summed E-state index contributed by atoms with van der Waals surface area (Å²) in [4.78, 5) is 0. The molecule has 30 heavy (non-hydrogen) atoms. The molecular formula is C24H22N6. The minimum atomic E-state index is 0.259. The van der Waals surface area contributed by atoms with E-state index in [2.05, 4.69) is 55.6 Å². The van der Waals surface area contributed by atoms with Crippen molar-refractivity contribution in [2.24, 2.45) is 0 Å². The van der Waals surface area contributed by atoms with Gasteiger partial charge in [0.15, 0.2) is 0 Å². The number of aromatic nitrogens is 4. The van der Waals surface area contributed by atoms with Crippen molar-refractivity contribution in [2.45, 2.75) is 44.7 Å². The minimum absolute atomic E-state index is 0.259. The lowest BCUT2D eigenvalue weighted by atomic mass is 9.86. The van der Waals surface area contributed by atoms with Gasteiger partial charge < -0.3 is 5.32 Å². The number of rotatable bonds is 3. The van der Waals surface area contributed by atoms with Gasteiger partial charge >= 0.3 is 0 Å². The lowest BCUT2D eigenvalue weighted by Gasteiger charge is -2.27. The Kier molecular flexibility index (Phi) is 3.88. The van der Waals surface area contributed by atoms with Crippen molar-refractivity contribution in [3.05, 3.63) is 65.0 Å². The Morgan fingerprint density at radius 2 is 2.10 bits per heavy atom. The fraction of sp³-hybridized carbons (Fsp3) is 0.292. The number of aryl methyl sites for hydroxylation is 2. The van der Waals surface area contributed by atoms with Crippen LogP contribution < -0.4 is 5.32 Å². The fourth-order valence-electron chi connectivity index (χ4n) is 5.01. The van der Waals surface area contributed by atoms with Crippen LogP contribution in [0.15, 0.2) is 42.6 Å². The van der Waals surface area contributed by atoms with E-state index in [1.54, 1.807) is 0 Å². The number of nitrogens with zero attached hydrogens (tertiary/aromatic N) is 4. The standard InChI is InChI=1S/C24H22N6/c25-13-15-6-8-18-16(11-15)3-1-4-21(18)27-17-7-9-22-19(12-17)24(29-28-22)20-14-26-30-10-2-5-23(20)30/h6-9,11-12,14,21,27H,1-5,10H2,(H,28,29). The van der Waals surface area contributed by atoms with Gasteiger partial charge in [0.2, 0.25) is 0 Å². The number of fused-ring (bicyclic) bond motifs is 3. The van der Waals surface area contributed by atoms with Gasteiger partial charge in [-0.05, 0) is 73.6 Å². The van der Waals surface area contributed by atoms with Crippen molar-refractivity contribution >= 4 is 16.6 Å². The van der Waals surface area contributed by atoms with Crippen LogP contribution in [0.25, 0.3) is 22.2 Å². The third-order valence-corrected chi connectivity index (χ3v) is 6.48. The third kappa shape index (κ3) is 2.70. The van der Waals surface area contributed by atoms with Crippen LogP contribution in [0.4, 0.5) is 5.69 Å². The summed E-state index contributed by atoms with van der Waals surface area (Å²) in [5.41, 5.74) is 8.89. The summed E-state index contributed by atoms with van der Waals surface area (Å²) in [6.45, 7) is 0.999. The molecule has 4 aromatic rings. The summed E-state index contributed by atoms with van der Waals surface area (Å²) < 4.78 is 2.10. The Bertz CT molecular complexity index is 1310. The van der Waals surface area contributed by atoms with Crippen molar-refractivity contribution < 1.29 is 0 Å². The smallest absolute Gasteiger partial charge is 0.103 e. The zero-order valence-electron chi connectivity index (χ0n) is 16.7. The van der Waals surface area contributed by atoms with Crippen LogP contribution >= 0.6 is 0 Å². The van der Waals surface area contributed by atoms with Crippen molar-refractivity contribution in [1.82, 2.24) is 20.0 Å². The second-order valence-electron chi connectivity index (χ2n) is 8.28. The molecule has 6 heteroatoms. The average Bonchev–Trinajstić information content (AvgIpc) is 3.49. The Balaban J connectivity index is 1.36. The highest BCUT2D eigenvalue weighted by atomic mass is 15.3. The van der Waals surface area contributed by atoms with Crippen LogP contribution in [0.1, 0.15) is 47.7 Å². The maximum atomic E-state index is 9.20.